The van der Waals surface area contributed by atoms with Crippen LogP contribution >= 0.6 is 0 Å². The first kappa shape index (κ1) is 13.0. The molecule has 92 valence electrons. The van der Waals surface area contributed by atoms with Gasteiger partial charge in [-0.2, -0.15) is 0 Å². The molecule has 1 amide bonds. The van der Waals surface area contributed by atoms with Gasteiger partial charge in [0.25, 0.3) is 0 Å². The number of nitrogens with zero attached hydrogens (tertiary/aromatic N) is 1. The molecule has 1 fully saturated rings. The van der Waals surface area contributed by atoms with E-state index in [4.69, 9.17) is 5.11 Å². The highest BCUT2D eigenvalue weighted by molar-refractivity contribution is 5.84. The van der Waals surface area contributed by atoms with Gasteiger partial charge in [-0.25, -0.2) is 0 Å². The molecular formula is C11H20N2O3. The van der Waals surface area contributed by atoms with Gasteiger partial charge in [0, 0.05) is 12.1 Å². The van der Waals surface area contributed by atoms with Crippen LogP contribution in [0, 0.1) is 5.92 Å². The first-order valence-corrected chi connectivity index (χ1v) is 5.56. The third-order valence-corrected chi connectivity index (χ3v) is 2.78. The number of hydrogen-bond acceptors (Lipinski definition) is 3. The smallest absolute Gasteiger partial charge is 0.323 e. The molecule has 5 heteroatoms. The average molecular weight is 228 g/mol. The lowest BCUT2D eigenvalue weighted by Gasteiger charge is -2.36. The van der Waals surface area contributed by atoms with Gasteiger partial charge in [-0.3, -0.25) is 9.59 Å². The minimum atomic E-state index is -0.964. The number of amides is 1. The Hall–Kier alpha value is -1.10. The zero-order valence-electron chi connectivity index (χ0n) is 10.1. The summed E-state index contributed by atoms with van der Waals surface area (Å²) >= 11 is 0. The summed E-state index contributed by atoms with van der Waals surface area (Å²) in [5.74, 6) is -1.09. The number of carbonyl (C=O) groups excluding carboxylic acids is 1. The van der Waals surface area contributed by atoms with E-state index in [1.165, 1.54) is 4.90 Å². The Morgan fingerprint density at radius 2 is 2.06 bits per heavy atom. The van der Waals surface area contributed by atoms with E-state index in [9.17, 15) is 9.59 Å². The maximum atomic E-state index is 12.2. The zero-order chi connectivity index (χ0) is 12.3. The molecule has 1 heterocycles. The standard InChI is InChI=1S/C11H20N2O3/c1-11(2,3)13(7-9(14)15)10(16)8-4-5-12-6-8/h8,12H,4-7H2,1-3H3,(H,14,15). The van der Waals surface area contributed by atoms with Crippen molar-refractivity contribution >= 4 is 11.9 Å². The van der Waals surface area contributed by atoms with Gasteiger partial charge in [-0.1, -0.05) is 0 Å². The van der Waals surface area contributed by atoms with E-state index in [1.807, 2.05) is 20.8 Å². The summed E-state index contributed by atoms with van der Waals surface area (Å²) in [4.78, 5) is 24.4. The van der Waals surface area contributed by atoms with Crippen LogP contribution < -0.4 is 5.32 Å². The molecule has 0 radical (unpaired) electrons. The number of nitrogens with one attached hydrogen (secondary N) is 1. The van der Waals surface area contributed by atoms with E-state index in [0.717, 1.165) is 13.0 Å². The summed E-state index contributed by atoms with van der Waals surface area (Å²) in [6.07, 6.45) is 0.797. The molecule has 1 aliphatic heterocycles. The third kappa shape index (κ3) is 3.20. The van der Waals surface area contributed by atoms with Crippen molar-refractivity contribution in [3.05, 3.63) is 0 Å². The normalized spacial score (nSPS) is 20.8. The number of hydrogen-bond donors (Lipinski definition) is 2. The van der Waals surface area contributed by atoms with E-state index < -0.39 is 11.5 Å². The van der Waals surface area contributed by atoms with Gasteiger partial charge in [0.15, 0.2) is 0 Å². The van der Waals surface area contributed by atoms with E-state index in [1.54, 1.807) is 0 Å². The van der Waals surface area contributed by atoms with Crippen LogP contribution in [0.2, 0.25) is 0 Å². The fraction of sp³-hybridized carbons (Fsp3) is 0.818. The van der Waals surface area contributed by atoms with Crippen molar-refractivity contribution < 1.29 is 14.7 Å². The van der Waals surface area contributed by atoms with Crippen LogP contribution in [-0.2, 0) is 9.59 Å². The van der Waals surface area contributed by atoms with E-state index in [-0.39, 0.29) is 18.4 Å². The molecule has 1 aliphatic rings. The molecule has 1 unspecified atom stereocenters. The molecule has 0 saturated carbocycles. The number of rotatable bonds is 3. The molecule has 1 saturated heterocycles. The van der Waals surface area contributed by atoms with E-state index in [0.29, 0.717) is 6.54 Å². The molecule has 0 spiro atoms. The summed E-state index contributed by atoms with van der Waals surface area (Å²) < 4.78 is 0. The summed E-state index contributed by atoms with van der Waals surface area (Å²) in [7, 11) is 0. The summed E-state index contributed by atoms with van der Waals surface area (Å²) in [5.41, 5.74) is -0.446. The summed E-state index contributed by atoms with van der Waals surface area (Å²) in [6, 6.07) is 0. The molecule has 5 nitrogen and oxygen atoms in total. The van der Waals surface area contributed by atoms with Crippen LogP contribution in [0.15, 0.2) is 0 Å². The lowest BCUT2D eigenvalue weighted by atomic mass is 10.0. The van der Waals surface area contributed by atoms with Crippen molar-refractivity contribution in [3.63, 3.8) is 0 Å². The van der Waals surface area contributed by atoms with Crippen molar-refractivity contribution in [2.75, 3.05) is 19.6 Å². The fourth-order valence-corrected chi connectivity index (χ4v) is 1.87. The van der Waals surface area contributed by atoms with E-state index in [2.05, 4.69) is 5.32 Å². The molecule has 0 aliphatic carbocycles. The van der Waals surface area contributed by atoms with Gasteiger partial charge in [-0.15, -0.1) is 0 Å². The second kappa shape index (κ2) is 4.82. The van der Waals surface area contributed by atoms with Crippen molar-refractivity contribution in [1.82, 2.24) is 10.2 Å². The Balaban J connectivity index is 2.75. The van der Waals surface area contributed by atoms with Crippen molar-refractivity contribution in [3.8, 4) is 0 Å². The molecule has 0 aromatic carbocycles. The second-order valence-corrected chi connectivity index (χ2v) is 5.18. The highest BCUT2D eigenvalue weighted by atomic mass is 16.4. The van der Waals surface area contributed by atoms with Gasteiger partial charge < -0.3 is 15.3 Å². The number of aliphatic carboxylic acids is 1. The van der Waals surface area contributed by atoms with Crippen LogP contribution in [0.1, 0.15) is 27.2 Å². The molecule has 16 heavy (non-hydrogen) atoms. The number of carboxylic acid groups (broad SMARTS) is 1. The van der Waals surface area contributed by atoms with Crippen LogP contribution in [0.4, 0.5) is 0 Å². The van der Waals surface area contributed by atoms with Crippen molar-refractivity contribution in [2.24, 2.45) is 5.92 Å². The Bertz CT molecular complexity index is 277. The lowest BCUT2D eigenvalue weighted by Crippen LogP contribution is -2.50. The van der Waals surface area contributed by atoms with Gasteiger partial charge >= 0.3 is 5.97 Å². The van der Waals surface area contributed by atoms with Gasteiger partial charge in [0.05, 0.1) is 5.92 Å². The molecule has 1 rings (SSSR count). The second-order valence-electron chi connectivity index (χ2n) is 5.18. The highest BCUT2D eigenvalue weighted by Gasteiger charge is 2.34. The predicted molar refractivity (Wildman–Crippen MR) is 60.1 cm³/mol. The minimum absolute atomic E-state index is 0.0556. The van der Waals surface area contributed by atoms with Crippen LogP contribution in [0.3, 0.4) is 0 Å². The Labute approximate surface area is 95.8 Å². The van der Waals surface area contributed by atoms with Gasteiger partial charge in [0.2, 0.25) is 5.91 Å². The topological polar surface area (TPSA) is 69.6 Å². The number of carboxylic acids is 1. The molecule has 0 bridgehead atoms. The molecule has 0 aromatic rings. The first-order chi connectivity index (χ1) is 7.32. The average Bonchev–Trinajstić information content (AvgIpc) is 2.63. The maximum absolute atomic E-state index is 12.2. The zero-order valence-corrected chi connectivity index (χ0v) is 10.1. The van der Waals surface area contributed by atoms with E-state index >= 15 is 0 Å². The minimum Gasteiger partial charge on any atom is -0.480 e. The van der Waals surface area contributed by atoms with Crippen LogP contribution in [0.25, 0.3) is 0 Å². The quantitative estimate of drug-likeness (QED) is 0.729. The lowest BCUT2D eigenvalue weighted by molar-refractivity contribution is -0.150. The number of carbonyl (C=O) groups is 2. The molecule has 1 atom stereocenters. The SMILES string of the molecule is CC(C)(C)N(CC(=O)O)C(=O)C1CCNC1. The highest BCUT2D eigenvalue weighted by Crippen LogP contribution is 2.19. The van der Waals surface area contributed by atoms with Crippen molar-refractivity contribution in [2.45, 2.75) is 32.7 Å². The van der Waals surface area contributed by atoms with Gasteiger partial charge in [-0.05, 0) is 33.7 Å². The fourth-order valence-electron chi connectivity index (χ4n) is 1.87. The largest absolute Gasteiger partial charge is 0.480 e. The maximum Gasteiger partial charge on any atom is 0.323 e. The Kier molecular flexibility index (Phi) is 3.91. The van der Waals surface area contributed by atoms with Crippen LogP contribution in [-0.4, -0.2) is 47.1 Å². The molecule has 2 N–H and O–H groups in total. The van der Waals surface area contributed by atoms with Crippen molar-refractivity contribution in [1.29, 1.82) is 0 Å². The third-order valence-electron chi connectivity index (χ3n) is 2.78. The predicted octanol–water partition coefficient (Wildman–Crippen LogP) is 0.308. The summed E-state index contributed by atoms with van der Waals surface area (Å²) in [5, 5.41) is 11.9. The Morgan fingerprint density at radius 3 is 2.44 bits per heavy atom. The summed E-state index contributed by atoms with van der Waals surface area (Å²) in [6.45, 7) is 6.84. The van der Waals surface area contributed by atoms with Gasteiger partial charge in [0.1, 0.15) is 6.54 Å². The Morgan fingerprint density at radius 1 is 1.44 bits per heavy atom. The molecule has 0 aromatic heterocycles. The monoisotopic (exact) mass is 228 g/mol. The van der Waals surface area contributed by atoms with Crippen LogP contribution in [0.5, 0.6) is 0 Å². The first-order valence-electron chi connectivity index (χ1n) is 5.56. The molecular weight excluding hydrogens is 208 g/mol.